The number of carbonyl (C=O) groups excluding carboxylic acids is 1. The molecule has 4 heteroatoms. The Labute approximate surface area is 153 Å². The molecule has 1 aromatic carbocycles. The van der Waals surface area contributed by atoms with Gasteiger partial charge in [-0.05, 0) is 55.3 Å². The molecule has 1 amide bonds. The van der Waals surface area contributed by atoms with Crippen LogP contribution in [0.2, 0.25) is 0 Å². The molecule has 1 saturated heterocycles. The Morgan fingerprint density at radius 3 is 2.54 bits per heavy atom. The van der Waals surface area contributed by atoms with Crippen molar-refractivity contribution in [2.45, 2.75) is 58.9 Å². The third kappa shape index (κ3) is 6.45. The van der Waals surface area contributed by atoms with Gasteiger partial charge in [-0.25, -0.2) is 0 Å². The molecule has 2 rings (SSSR count). The lowest BCUT2D eigenvalue weighted by Crippen LogP contribution is -2.32. The van der Waals surface area contributed by atoms with E-state index in [1.807, 2.05) is 0 Å². The number of rotatable bonds is 8. The van der Waals surface area contributed by atoms with Crippen LogP contribution in [0.25, 0.3) is 0 Å². The lowest BCUT2D eigenvalue weighted by Gasteiger charge is -2.23. The summed E-state index contributed by atoms with van der Waals surface area (Å²) in [5.74, 6) is 1.25. The molecule has 1 aromatic rings. The van der Waals surface area contributed by atoms with Crippen LogP contribution in [0.4, 0.5) is 0 Å². The van der Waals surface area contributed by atoms with Crippen LogP contribution in [-0.4, -0.2) is 19.0 Å². The molecular weight excluding hydrogens is 320 g/mol. The number of hydrogen-bond acceptors (Lipinski definition) is 2. The molecule has 1 aliphatic heterocycles. The predicted molar refractivity (Wildman–Crippen MR) is 104 cm³/mol. The molecule has 0 radical (unpaired) electrons. The Hall–Kier alpha value is -1.06. The van der Waals surface area contributed by atoms with Gasteiger partial charge in [-0.15, -0.1) is 12.4 Å². The Kier molecular flexibility index (Phi) is 9.38. The minimum absolute atomic E-state index is 0. The normalized spacial score (nSPS) is 18.2. The third-order valence-electron chi connectivity index (χ3n) is 4.80. The molecule has 2 unspecified atom stereocenters. The fraction of sp³-hybridized carbons (Fsp3) is 0.650. The van der Waals surface area contributed by atoms with Gasteiger partial charge in [-0.3, -0.25) is 4.79 Å². The predicted octanol–water partition coefficient (Wildman–Crippen LogP) is 4.26. The topological polar surface area (TPSA) is 41.1 Å². The number of amides is 1. The molecule has 1 aliphatic rings. The zero-order chi connectivity index (χ0) is 16.7. The van der Waals surface area contributed by atoms with Crippen LogP contribution in [0.15, 0.2) is 24.3 Å². The van der Waals surface area contributed by atoms with Crippen molar-refractivity contribution < 1.29 is 4.79 Å². The van der Waals surface area contributed by atoms with E-state index in [-0.39, 0.29) is 24.4 Å². The van der Waals surface area contributed by atoms with Crippen LogP contribution in [0.1, 0.15) is 63.6 Å². The Balaban J connectivity index is 0.00000288. The summed E-state index contributed by atoms with van der Waals surface area (Å²) in [7, 11) is 0. The first-order valence-corrected chi connectivity index (χ1v) is 9.19. The Bertz CT molecular complexity index is 481. The smallest absolute Gasteiger partial charge is 0.220 e. The maximum Gasteiger partial charge on any atom is 0.220 e. The lowest BCUT2D eigenvalue weighted by atomic mass is 9.94. The molecule has 0 aliphatic carbocycles. The van der Waals surface area contributed by atoms with Crippen molar-refractivity contribution in [2.24, 2.45) is 11.8 Å². The standard InChI is InChI=1S/C20H32N2O.ClH/c1-4-5-16-6-9-18(10-7-16)20(15(2)3)22-19(23)11-8-17-12-13-21-14-17;/h6-7,9-10,15,17,20-21H,4-5,8,11-14H2,1-3H3,(H,22,23);1H. The van der Waals surface area contributed by atoms with Crippen LogP contribution in [0, 0.1) is 11.8 Å². The van der Waals surface area contributed by atoms with Crippen LogP contribution in [0.3, 0.4) is 0 Å². The summed E-state index contributed by atoms with van der Waals surface area (Å²) >= 11 is 0. The highest BCUT2D eigenvalue weighted by atomic mass is 35.5. The van der Waals surface area contributed by atoms with Crippen molar-refractivity contribution in [3.8, 4) is 0 Å². The number of halogens is 1. The van der Waals surface area contributed by atoms with E-state index in [0.29, 0.717) is 18.3 Å². The number of aryl methyl sites for hydroxylation is 1. The lowest BCUT2D eigenvalue weighted by molar-refractivity contribution is -0.122. The van der Waals surface area contributed by atoms with Gasteiger partial charge in [0.15, 0.2) is 0 Å². The first kappa shape index (κ1) is 21.0. The third-order valence-corrected chi connectivity index (χ3v) is 4.80. The molecule has 0 spiro atoms. The Morgan fingerprint density at radius 1 is 1.29 bits per heavy atom. The highest BCUT2D eigenvalue weighted by Crippen LogP contribution is 2.23. The van der Waals surface area contributed by atoms with Crippen molar-refractivity contribution >= 4 is 18.3 Å². The van der Waals surface area contributed by atoms with E-state index in [9.17, 15) is 4.79 Å². The first-order chi connectivity index (χ1) is 11.1. The summed E-state index contributed by atoms with van der Waals surface area (Å²) in [5.41, 5.74) is 2.59. The summed E-state index contributed by atoms with van der Waals surface area (Å²) in [6, 6.07) is 8.86. The van der Waals surface area contributed by atoms with Gasteiger partial charge < -0.3 is 10.6 Å². The average Bonchev–Trinajstić information content (AvgIpc) is 3.05. The molecule has 0 saturated carbocycles. The largest absolute Gasteiger partial charge is 0.349 e. The Morgan fingerprint density at radius 2 is 2.00 bits per heavy atom. The molecule has 1 heterocycles. The molecule has 2 N–H and O–H groups in total. The van der Waals surface area contributed by atoms with Crippen molar-refractivity contribution in [3.63, 3.8) is 0 Å². The summed E-state index contributed by atoms with van der Waals surface area (Å²) in [6.45, 7) is 8.72. The van der Waals surface area contributed by atoms with E-state index < -0.39 is 0 Å². The van der Waals surface area contributed by atoms with Crippen molar-refractivity contribution in [1.29, 1.82) is 0 Å². The van der Waals surface area contributed by atoms with Gasteiger partial charge in [0.25, 0.3) is 0 Å². The average molecular weight is 353 g/mol. The second kappa shape index (κ2) is 10.7. The van der Waals surface area contributed by atoms with Crippen LogP contribution < -0.4 is 10.6 Å². The summed E-state index contributed by atoms with van der Waals surface area (Å²) < 4.78 is 0. The highest BCUT2D eigenvalue weighted by Gasteiger charge is 2.20. The zero-order valence-electron chi connectivity index (χ0n) is 15.3. The first-order valence-electron chi connectivity index (χ1n) is 9.19. The van der Waals surface area contributed by atoms with E-state index in [1.165, 1.54) is 24.0 Å². The SMILES string of the molecule is CCCc1ccc(C(NC(=O)CCC2CCNC2)C(C)C)cc1.Cl. The van der Waals surface area contributed by atoms with Gasteiger partial charge in [-0.2, -0.15) is 0 Å². The van der Waals surface area contributed by atoms with Gasteiger partial charge >= 0.3 is 0 Å². The monoisotopic (exact) mass is 352 g/mol. The number of hydrogen-bond donors (Lipinski definition) is 2. The quantitative estimate of drug-likeness (QED) is 0.733. The fourth-order valence-corrected chi connectivity index (χ4v) is 3.36. The van der Waals surface area contributed by atoms with E-state index in [1.54, 1.807) is 0 Å². The molecule has 1 fully saturated rings. The summed E-state index contributed by atoms with van der Waals surface area (Å²) in [4.78, 5) is 12.3. The summed E-state index contributed by atoms with van der Waals surface area (Å²) in [5, 5.41) is 6.61. The second-order valence-electron chi connectivity index (χ2n) is 7.18. The van der Waals surface area contributed by atoms with Crippen LogP contribution in [-0.2, 0) is 11.2 Å². The summed E-state index contributed by atoms with van der Waals surface area (Å²) in [6.07, 6.45) is 5.14. The molecule has 0 aromatic heterocycles. The number of nitrogens with one attached hydrogen (secondary N) is 2. The van der Waals surface area contributed by atoms with E-state index in [0.717, 1.165) is 25.9 Å². The highest BCUT2D eigenvalue weighted by molar-refractivity contribution is 5.85. The molecule has 0 bridgehead atoms. The van der Waals surface area contributed by atoms with Crippen molar-refractivity contribution in [2.75, 3.05) is 13.1 Å². The maximum absolute atomic E-state index is 12.3. The van der Waals surface area contributed by atoms with Gasteiger partial charge in [0, 0.05) is 6.42 Å². The van der Waals surface area contributed by atoms with Gasteiger partial charge in [0.1, 0.15) is 0 Å². The van der Waals surface area contributed by atoms with E-state index >= 15 is 0 Å². The van der Waals surface area contributed by atoms with Crippen molar-refractivity contribution in [3.05, 3.63) is 35.4 Å². The van der Waals surface area contributed by atoms with E-state index in [4.69, 9.17) is 0 Å². The molecule has 136 valence electrons. The van der Waals surface area contributed by atoms with Gasteiger partial charge in [0.2, 0.25) is 5.91 Å². The molecular formula is C20H33ClN2O. The minimum atomic E-state index is 0. The van der Waals surface area contributed by atoms with Gasteiger partial charge in [0.05, 0.1) is 6.04 Å². The minimum Gasteiger partial charge on any atom is -0.349 e. The van der Waals surface area contributed by atoms with E-state index in [2.05, 4.69) is 55.7 Å². The molecule has 3 nitrogen and oxygen atoms in total. The van der Waals surface area contributed by atoms with Gasteiger partial charge in [-0.1, -0.05) is 51.5 Å². The molecule has 24 heavy (non-hydrogen) atoms. The zero-order valence-corrected chi connectivity index (χ0v) is 16.1. The fourth-order valence-electron chi connectivity index (χ4n) is 3.36. The van der Waals surface area contributed by atoms with Crippen molar-refractivity contribution in [1.82, 2.24) is 10.6 Å². The maximum atomic E-state index is 12.3. The van der Waals surface area contributed by atoms with Crippen LogP contribution >= 0.6 is 12.4 Å². The second-order valence-corrected chi connectivity index (χ2v) is 7.18. The molecule has 2 atom stereocenters. The van der Waals surface area contributed by atoms with Crippen LogP contribution in [0.5, 0.6) is 0 Å². The number of carbonyl (C=O) groups is 1. The number of benzene rings is 1.